The first-order chi connectivity index (χ1) is 13.6. The van der Waals surface area contributed by atoms with Gasteiger partial charge in [-0.25, -0.2) is 0 Å². The summed E-state index contributed by atoms with van der Waals surface area (Å²) in [5, 5.41) is 6.69. The Labute approximate surface area is 162 Å². The van der Waals surface area contributed by atoms with Crippen LogP contribution >= 0.6 is 0 Å². The highest BCUT2D eigenvalue weighted by Gasteiger charge is 2.56. The van der Waals surface area contributed by atoms with Crippen molar-refractivity contribution >= 4 is 34.1 Å². The van der Waals surface area contributed by atoms with Crippen molar-refractivity contribution in [3.63, 3.8) is 0 Å². The van der Waals surface area contributed by atoms with E-state index in [1.807, 2.05) is 43.3 Å². The van der Waals surface area contributed by atoms with Crippen molar-refractivity contribution < 1.29 is 14.3 Å². The number of amides is 2. The van der Waals surface area contributed by atoms with Gasteiger partial charge < -0.3 is 15.4 Å². The fraction of sp³-hybridized carbons (Fsp3) is 0.227. The van der Waals surface area contributed by atoms with Crippen molar-refractivity contribution in [2.75, 3.05) is 17.2 Å². The van der Waals surface area contributed by atoms with Gasteiger partial charge in [-0.15, -0.1) is 0 Å². The molecule has 1 aliphatic carbocycles. The Bertz CT molecular complexity index is 1040. The Morgan fingerprint density at radius 2 is 1.64 bits per heavy atom. The summed E-state index contributed by atoms with van der Waals surface area (Å²) in [4.78, 5) is 30.2. The number of nitrogens with one attached hydrogen (secondary N) is 2. The molecule has 142 valence electrons. The molecule has 1 heterocycles. The van der Waals surface area contributed by atoms with E-state index in [0.29, 0.717) is 42.1 Å². The average Bonchev–Trinajstić information content (AvgIpc) is 3.52. The van der Waals surface area contributed by atoms with Crippen molar-refractivity contribution in [3.8, 4) is 5.75 Å². The Hall–Kier alpha value is -3.41. The maximum absolute atomic E-state index is 13.0. The number of carbonyl (C=O) groups excluding carboxylic acids is 2. The van der Waals surface area contributed by atoms with E-state index in [1.54, 1.807) is 24.4 Å². The standard InChI is InChI=1S/C22H21N3O3/c1-2-28-18-11-4-3-9-16(18)24-20(26)22(12-13-22)21(27)25-17-10-5-7-15-8-6-14-23-19(15)17/h3-11,14H,2,12-13H2,1H3,(H,24,26)(H,25,27). The Morgan fingerprint density at radius 3 is 2.39 bits per heavy atom. The van der Waals surface area contributed by atoms with Crippen LogP contribution in [0.5, 0.6) is 5.75 Å². The molecular formula is C22H21N3O3. The highest BCUT2D eigenvalue weighted by atomic mass is 16.5. The van der Waals surface area contributed by atoms with Gasteiger partial charge in [-0.3, -0.25) is 14.6 Å². The van der Waals surface area contributed by atoms with E-state index in [2.05, 4.69) is 15.6 Å². The zero-order valence-corrected chi connectivity index (χ0v) is 15.6. The van der Waals surface area contributed by atoms with Gasteiger partial charge in [0, 0.05) is 11.6 Å². The molecule has 1 fully saturated rings. The minimum atomic E-state index is -1.06. The number of pyridine rings is 1. The first kappa shape index (κ1) is 18.0. The van der Waals surface area contributed by atoms with Crippen LogP contribution in [0.3, 0.4) is 0 Å². The van der Waals surface area contributed by atoms with Crippen molar-refractivity contribution in [1.29, 1.82) is 0 Å². The number of hydrogen-bond acceptors (Lipinski definition) is 4. The molecule has 4 rings (SSSR count). The number of benzene rings is 2. The summed E-state index contributed by atoms with van der Waals surface area (Å²) in [6.45, 7) is 2.37. The lowest BCUT2D eigenvalue weighted by Crippen LogP contribution is -2.35. The topological polar surface area (TPSA) is 80.3 Å². The molecule has 6 nitrogen and oxygen atoms in total. The van der Waals surface area contributed by atoms with Crippen molar-refractivity contribution in [3.05, 3.63) is 60.8 Å². The SMILES string of the molecule is CCOc1ccccc1NC(=O)C1(C(=O)Nc2cccc3cccnc23)CC1. The minimum absolute atomic E-state index is 0.308. The van der Waals surface area contributed by atoms with Gasteiger partial charge in [-0.1, -0.05) is 30.3 Å². The lowest BCUT2D eigenvalue weighted by molar-refractivity contribution is -0.131. The summed E-state index contributed by atoms with van der Waals surface area (Å²) in [6.07, 6.45) is 2.71. The second-order valence-electron chi connectivity index (χ2n) is 6.80. The van der Waals surface area contributed by atoms with Crippen molar-refractivity contribution in [2.45, 2.75) is 19.8 Å². The lowest BCUT2D eigenvalue weighted by Gasteiger charge is -2.17. The molecule has 0 atom stereocenters. The molecule has 28 heavy (non-hydrogen) atoms. The van der Waals surface area contributed by atoms with Gasteiger partial charge in [0.1, 0.15) is 11.2 Å². The van der Waals surface area contributed by atoms with Crippen LogP contribution in [-0.4, -0.2) is 23.4 Å². The number of nitrogens with zero attached hydrogens (tertiary/aromatic N) is 1. The molecule has 0 saturated heterocycles. The van der Waals surface area contributed by atoms with Crippen LogP contribution in [0.1, 0.15) is 19.8 Å². The normalized spacial score (nSPS) is 14.3. The van der Waals surface area contributed by atoms with Gasteiger partial charge in [0.25, 0.3) is 0 Å². The molecule has 0 spiro atoms. The summed E-state index contributed by atoms with van der Waals surface area (Å²) < 4.78 is 5.55. The van der Waals surface area contributed by atoms with Gasteiger partial charge in [0.15, 0.2) is 0 Å². The summed E-state index contributed by atoms with van der Waals surface area (Å²) in [5.41, 5.74) is 0.824. The van der Waals surface area contributed by atoms with Gasteiger partial charge in [0.2, 0.25) is 11.8 Å². The number of fused-ring (bicyclic) bond motifs is 1. The Morgan fingerprint density at radius 1 is 0.964 bits per heavy atom. The second kappa shape index (κ2) is 7.31. The van der Waals surface area contributed by atoms with Crippen LogP contribution in [0.2, 0.25) is 0 Å². The van der Waals surface area contributed by atoms with Gasteiger partial charge in [-0.2, -0.15) is 0 Å². The molecule has 2 N–H and O–H groups in total. The molecule has 1 aromatic heterocycles. The van der Waals surface area contributed by atoms with Crippen LogP contribution in [0, 0.1) is 5.41 Å². The van der Waals surface area contributed by atoms with Crippen LogP contribution < -0.4 is 15.4 Å². The van der Waals surface area contributed by atoms with Crippen LogP contribution in [-0.2, 0) is 9.59 Å². The zero-order valence-electron chi connectivity index (χ0n) is 15.6. The number of para-hydroxylation sites is 3. The fourth-order valence-electron chi connectivity index (χ4n) is 3.22. The van der Waals surface area contributed by atoms with Crippen LogP contribution in [0.25, 0.3) is 10.9 Å². The highest BCUT2D eigenvalue weighted by molar-refractivity contribution is 6.18. The molecule has 2 aromatic carbocycles. The summed E-state index contributed by atoms with van der Waals surface area (Å²) in [6, 6.07) is 16.6. The van der Waals surface area contributed by atoms with E-state index in [4.69, 9.17) is 4.74 Å². The quantitative estimate of drug-likeness (QED) is 0.639. The molecule has 1 saturated carbocycles. The average molecular weight is 375 g/mol. The molecular weight excluding hydrogens is 354 g/mol. The number of hydrogen-bond donors (Lipinski definition) is 2. The zero-order chi connectivity index (χ0) is 19.6. The molecule has 6 heteroatoms. The molecule has 1 aliphatic rings. The monoisotopic (exact) mass is 375 g/mol. The lowest BCUT2D eigenvalue weighted by atomic mass is 10.0. The van der Waals surface area contributed by atoms with Crippen molar-refractivity contribution in [2.24, 2.45) is 5.41 Å². The third kappa shape index (κ3) is 3.29. The molecule has 0 unspecified atom stereocenters. The number of carbonyl (C=O) groups is 2. The number of aromatic nitrogens is 1. The third-order valence-electron chi connectivity index (χ3n) is 4.94. The summed E-state index contributed by atoms with van der Waals surface area (Å²) in [7, 11) is 0. The van der Waals surface area contributed by atoms with Crippen molar-refractivity contribution in [1.82, 2.24) is 4.98 Å². The molecule has 0 bridgehead atoms. The number of rotatable bonds is 6. The molecule has 0 aliphatic heterocycles. The number of anilines is 2. The summed E-state index contributed by atoms with van der Waals surface area (Å²) >= 11 is 0. The Balaban J connectivity index is 1.54. The third-order valence-corrected chi connectivity index (χ3v) is 4.94. The maximum Gasteiger partial charge on any atom is 0.240 e. The highest BCUT2D eigenvalue weighted by Crippen LogP contribution is 2.48. The van der Waals surface area contributed by atoms with Crippen LogP contribution in [0.4, 0.5) is 11.4 Å². The smallest absolute Gasteiger partial charge is 0.240 e. The second-order valence-corrected chi connectivity index (χ2v) is 6.80. The van der Waals surface area contributed by atoms with E-state index >= 15 is 0 Å². The van der Waals surface area contributed by atoms with Gasteiger partial charge in [0.05, 0.1) is 23.5 Å². The molecule has 3 aromatic rings. The van der Waals surface area contributed by atoms with E-state index in [1.165, 1.54) is 0 Å². The first-order valence-corrected chi connectivity index (χ1v) is 9.32. The van der Waals surface area contributed by atoms with E-state index in [0.717, 1.165) is 5.39 Å². The minimum Gasteiger partial charge on any atom is -0.492 e. The Kier molecular flexibility index (Phi) is 4.69. The predicted molar refractivity (Wildman–Crippen MR) is 108 cm³/mol. The number of ether oxygens (including phenoxy) is 1. The largest absolute Gasteiger partial charge is 0.492 e. The van der Waals surface area contributed by atoms with Crippen LogP contribution in [0.15, 0.2) is 60.8 Å². The molecule has 0 radical (unpaired) electrons. The fourth-order valence-corrected chi connectivity index (χ4v) is 3.22. The first-order valence-electron chi connectivity index (χ1n) is 9.32. The van der Waals surface area contributed by atoms with E-state index in [9.17, 15) is 9.59 Å². The predicted octanol–water partition coefficient (Wildman–Crippen LogP) is 3.99. The van der Waals surface area contributed by atoms with E-state index < -0.39 is 5.41 Å². The molecule has 2 amide bonds. The van der Waals surface area contributed by atoms with Gasteiger partial charge >= 0.3 is 0 Å². The summed E-state index contributed by atoms with van der Waals surface area (Å²) in [5.74, 6) is -0.0322. The van der Waals surface area contributed by atoms with E-state index in [-0.39, 0.29) is 11.8 Å². The maximum atomic E-state index is 13.0. The van der Waals surface area contributed by atoms with Gasteiger partial charge in [-0.05, 0) is 44.0 Å².